The minimum Gasteiger partial charge on any atom is -0.425 e. The van der Waals surface area contributed by atoms with Crippen LogP contribution in [-0.4, -0.2) is 5.97 Å². The van der Waals surface area contributed by atoms with Gasteiger partial charge in [-0.15, -0.1) is 0 Å². The molecule has 0 amide bonds. The quantitative estimate of drug-likeness (QED) is 0.593. The number of carbonyl (C=O) groups excluding carboxylic acids is 1. The molecule has 1 aliphatic heterocycles. The standard InChI is InChI=1S/C20H22O2/c1-3-5-13-20(16-10-8-9-15(4-2)14-16)17-11-6-7-12-18(17)22-19(20)21/h6-12,14H,3-5,13H2,1-2H3. The Balaban J connectivity index is 2.19. The van der Waals surface area contributed by atoms with Crippen molar-refractivity contribution in [2.45, 2.75) is 44.9 Å². The minimum absolute atomic E-state index is 0.129. The van der Waals surface area contributed by atoms with Crippen molar-refractivity contribution in [1.29, 1.82) is 0 Å². The van der Waals surface area contributed by atoms with Crippen molar-refractivity contribution < 1.29 is 9.53 Å². The van der Waals surface area contributed by atoms with E-state index in [4.69, 9.17) is 4.74 Å². The van der Waals surface area contributed by atoms with E-state index in [-0.39, 0.29) is 5.97 Å². The van der Waals surface area contributed by atoms with Crippen LogP contribution in [0.1, 0.15) is 49.8 Å². The van der Waals surface area contributed by atoms with Crippen molar-refractivity contribution in [3.05, 3.63) is 65.2 Å². The molecule has 1 atom stereocenters. The maximum atomic E-state index is 12.8. The van der Waals surface area contributed by atoms with Gasteiger partial charge in [0.05, 0.1) is 0 Å². The Kier molecular flexibility index (Phi) is 4.02. The molecule has 3 rings (SSSR count). The summed E-state index contributed by atoms with van der Waals surface area (Å²) in [5.41, 5.74) is 2.69. The number of para-hydroxylation sites is 1. The molecule has 1 heterocycles. The van der Waals surface area contributed by atoms with Crippen LogP contribution in [0.2, 0.25) is 0 Å². The van der Waals surface area contributed by atoms with E-state index in [1.807, 2.05) is 24.3 Å². The fraction of sp³-hybridized carbons (Fsp3) is 0.350. The smallest absolute Gasteiger partial charge is 0.326 e. The number of hydrogen-bond donors (Lipinski definition) is 0. The summed E-state index contributed by atoms with van der Waals surface area (Å²) in [5, 5.41) is 0. The van der Waals surface area contributed by atoms with Crippen molar-refractivity contribution in [1.82, 2.24) is 0 Å². The molecule has 0 spiro atoms. The van der Waals surface area contributed by atoms with Crippen LogP contribution >= 0.6 is 0 Å². The Morgan fingerprint density at radius 2 is 1.86 bits per heavy atom. The lowest BCUT2D eigenvalue weighted by Crippen LogP contribution is -2.35. The molecule has 22 heavy (non-hydrogen) atoms. The molecule has 0 bridgehead atoms. The third-order valence-corrected chi connectivity index (χ3v) is 4.63. The van der Waals surface area contributed by atoms with Crippen LogP contribution in [0.4, 0.5) is 0 Å². The molecular weight excluding hydrogens is 272 g/mol. The molecular formula is C20H22O2. The molecule has 0 aliphatic carbocycles. The van der Waals surface area contributed by atoms with Gasteiger partial charge >= 0.3 is 5.97 Å². The molecule has 2 aromatic rings. The molecule has 0 fully saturated rings. The highest BCUT2D eigenvalue weighted by molar-refractivity contribution is 5.94. The summed E-state index contributed by atoms with van der Waals surface area (Å²) in [6.45, 7) is 4.29. The first-order chi connectivity index (χ1) is 10.7. The molecule has 2 aromatic carbocycles. The molecule has 0 aromatic heterocycles. The first kappa shape index (κ1) is 14.8. The van der Waals surface area contributed by atoms with Gasteiger partial charge in [-0.25, -0.2) is 0 Å². The maximum Gasteiger partial charge on any atom is 0.326 e. The molecule has 114 valence electrons. The summed E-state index contributed by atoms with van der Waals surface area (Å²) in [6.07, 6.45) is 3.82. The van der Waals surface area contributed by atoms with Crippen LogP contribution in [0, 0.1) is 0 Å². The highest BCUT2D eigenvalue weighted by Gasteiger charge is 2.49. The van der Waals surface area contributed by atoms with Crippen molar-refractivity contribution in [2.24, 2.45) is 0 Å². The first-order valence-corrected chi connectivity index (χ1v) is 8.13. The summed E-state index contributed by atoms with van der Waals surface area (Å²) in [6, 6.07) is 16.2. The van der Waals surface area contributed by atoms with Gasteiger partial charge in [0.2, 0.25) is 0 Å². The Morgan fingerprint density at radius 1 is 1.05 bits per heavy atom. The van der Waals surface area contributed by atoms with Crippen LogP contribution in [0.5, 0.6) is 5.75 Å². The van der Waals surface area contributed by atoms with Crippen molar-refractivity contribution in [3.63, 3.8) is 0 Å². The van der Waals surface area contributed by atoms with Crippen LogP contribution in [0.3, 0.4) is 0 Å². The second-order valence-corrected chi connectivity index (χ2v) is 5.95. The van der Waals surface area contributed by atoms with Gasteiger partial charge in [0.15, 0.2) is 0 Å². The molecule has 0 N–H and O–H groups in total. The summed E-state index contributed by atoms with van der Waals surface area (Å²) in [5.74, 6) is 0.584. The highest BCUT2D eigenvalue weighted by atomic mass is 16.5. The number of aryl methyl sites for hydroxylation is 1. The van der Waals surface area contributed by atoms with E-state index < -0.39 is 5.41 Å². The van der Waals surface area contributed by atoms with Crippen molar-refractivity contribution in [3.8, 4) is 5.75 Å². The lowest BCUT2D eigenvalue weighted by atomic mass is 9.71. The fourth-order valence-corrected chi connectivity index (χ4v) is 3.36. The molecule has 2 nitrogen and oxygen atoms in total. The third-order valence-electron chi connectivity index (χ3n) is 4.63. The van der Waals surface area contributed by atoms with Gasteiger partial charge in [-0.1, -0.05) is 69.2 Å². The lowest BCUT2D eigenvalue weighted by molar-refractivity contribution is -0.137. The molecule has 2 heteroatoms. The van der Waals surface area contributed by atoms with E-state index in [1.54, 1.807) is 0 Å². The second-order valence-electron chi connectivity index (χ2n) is 5.95. The van der Waals surface area contributed by atoms with E-state index in [0.29, 0.717) is 5.75 Å². The lowest BCUT2D eigenvalue weighted by Gasteiger charge is -2.27. The van der Waals surface area contributed by atoms with Gasteiger partial charge in [0.25, 0.3) is 0 Å². The Hall–Kier alpha value is -2.09. The molecule has 1 aliphatic rings. The number of esters is 1. The third kappa shape index (κ3) is 2.23. The maximum absolute atomic E-state index is 12.8. The number of fused-ring (bicyclic) bond motifs is 1. The minimum atomic E-state index is -0.641. The zero-order valence-corrected chi connectivity index (χ0v) is 13.3. The van der Waals surface area contributed by atoms with Crippen molar-refractivity contribution >= 4 is 5.97 Å². The summed E-state index contributed by atoms with van der Waals surface area (Å²) in [4.78, 5) is 12.8. The summed E-state index contributed by atoms with van der Waals surface area (Å²) >= 11 is 0. The van der Waals surface area contributed by atoms with Gasteiger partial charge in [-0.05, 0) is 30.0 Å². The van der Waals surface area contributed by atoms with Gasteiger partial charge in [0, 0.05) is 5.56 Å². The van der Waals surface area contributed by atoms with E-state index in [0.717, 1.165) is 36.8 Å². The highest BCUT2D eigenvalue weighted by Crippen LogP contribution is 2.47. The Labute approximate surface area is 132 Å². The predicted molar refractivity (Wildman–Crippen MR) is 88.2 cm³/mol. The summed E-state index contributed by atoms with van der Waals surface area (Å²) in [7, 11) is 0. The number of carbonyl (C=O) groups is 1. The van der Waals surface area contributed by atoms with Gasteiger partial charge < -0.3 is 4.74 Å². The zero-order chi connectivity index (χ0) is 15.6. The zero-order valence-electron chi connectivity index (χ0n) is 13.3. The average Bonchev–Trinajstić information content (AvgIpc) is 2.85. The van der Waals surface area contributed by atoms with Crippen LogP contribution in [0.25, 0.3) is 0 Å². The summed E-state index contributed by atoms with van der Waals surface area (Å²) < 4.78 is 5.61. The van der Waals surface area contributed by atoms with Crippen LogP contribution in [-0.2, 0) is 16.6 Å². The molecule has 0 saturated carbocycles. The fourth-order valence-electron chi connectivity index (χ4n) is 3.36. The largest absolute Gasteiger partial charge is 0.425 e. The average molecular weight is 294 g/mol. The van der Waals surface area contributed by atoms with Crippen molar-refractivity contribution in [2.75, 3.05) is 0 Å². The van der Waals surface area contributed by atoms with E-state index >= 15 is 0 Å². The monoisotopic (exact) mass is 294 g/mol. The Morgan fingerprint density at radius 3 is 2.64 bits per heavy atom. The van der Waals surface area contributed by atoms with Crippen LogP contribution < -0.4 is 4.74 Å². The SMILES string of the molecule is CCCCC1(c2cccc(CC)c2)C(=O)Oc2ccccc21. The molecule has 0 saturated heterocycles. The number of ether oxygens (including phenoxy) is 1. The number of unbranched alkanes of at least 4 members (excludes halogenated alkanes) is 1. The topological polar surface area (TPSA) is 26.3 Å². The van der Waals surface area contributed by atoms with E-state index in [1.165, 1.54) is 5.56 Å². The number of hydrogen-bond acceptors (Lipinski definition) is 2. The second kappa shape index (κ2) is 5.96. The normalized spacial score (nSPS) is 19.8. The van der Waals surface area contributed by atoms with Crippen LogP contribution in [0.15, 0.2) is 48.5 Å². The van der Waals surface area contributed by atoms with Gasteiger partial charge in [-0.3, -0.25) is 4.79 Å². The van der Waals surface area contributed by atoms with Gasteiger partial charge in [-0.2, -0.15) is 0 Å². The van der Waals surface area contributed by atoms with E-state index in [9.17, 15) is 4.79 Å². The first-order valence-electron chi connectivity index (χ1n) is 8.13. The number of benzene rings is 2. The predicted octanol–water partition coefficient (Wildman–Crippen LogP) is 4.64. The molecule has 1 unspecified atom stereocenters. The Bertz CT molecular complexity index is 690. The molecule has 0 radical (unpaired) electrons. The number of rotatable bonds is 5. The van der Waals surface area contributed by atoms with Gasteiger partial charge in [0.1, 0.15) is 11.2 Å². The van der Waals surface area contributed by atoms with E-state index in [2.05, 4.69) is 38.1 Å².